The molecule has 0 aromatic heterocycles. The van der Waals surface area contributed by atoms with Crippen LogP contribution >= 0.6 is 0 Å². The highest BCUT2D eigenvalue weighted by Gasteiger charge is 2.57. The van der Waals surface area contributed by atoms with Gasteiger partial charge in [-0.05, 0) is 17.8 Å². The van der Waals surface area contributed by atoms with E-state index in [1.807, 2.05) is 41.5 Å². The first kappa shape index (κ1) is 15.4. The first-order chi connectivity index (χ1) is 7.04. The molecule has 16 heavy (non-hydrogen) atoms. The maximum Gasteiger partial charge on any atom is 0.315 e. The van der Waals surface area contributed by atoms with Crippen molar-refractivity contribution < 1.29 is 14.6 Å². The molecule has 0 fully saturated rings. The Balaban J connectivity index is 5.58. The molecule has 0 saturated carbocycles. The first-order valence-electron chi connectivity index (χ1n) is 5.82. The average molecular weight is 230 g/mol. The number of hydrogen-bond donors (Lipinski definition) is 1. The summed E-state index contributed by atoms with van der Waals surface area (Å²) in [4.78, 5) is 12.2. The second-order valence-corrected chi connectivity index (χ2v) is 6.28. The van der Waals surface area contributed by atoms with E-state index in [1.165, 1.54) is 0 Å². The molecule has 0 heterocycles. The van der Waals surface area contributed by atoms with Crippen LogP contribution in [0.1, 0.15) is 48.5 Å². The van der Waals surface area contributed by atoms with Crippen LogP contribution in [0, 0.1) is 16.2 Å². The quantitative estimate of drug-likeness (QED) is 0.758. The third-order valence-corrected chi connectivity index (χ3v) is 3.42. The standard InChI is InChI=1S/C13H26O3/c1-8-16-10(15)13(9-14,11(2,3)4)12(5,6)7/h14H,8-9H2,1-7H3. The topological polar surface area (TPSA) is 46.5 Å². The van der Waals surface area contributed by atoms with Crippen molar-refractivity contribution in [2.75, 3.05) is 13.2 Å². The maximum absolute atomic E-state index is 12.2. The van der Waals surface area contributed by atoms with Crippen molar-refractivity contribution in [3.05, 3.63) is 0 Å². The lowest BCUT2D eigenvalue weighted by Gasteiger charge is -2.49. The van der Waals surface area contributed by atoms with Crippen molar-refractivity contribution >= 4 is 5.97 Å². The van der Waals surface area contributed by atoms with Crippen LogP contribution in [0.2, 0.25) is 0 Å². The molecule has 0 rings (SSSR count). The number of aliphatic hydroxyl groups is 1. The molecule has 0 aliphatic rings. The van der Waals surface area contributed by atoms with Gasteiger partial charge in [0.05, 0.1) is 13.2 Å². The minimum atomic E-state index is -0.879. The number of aliphatic hydroxyl groups excluding tert-OH is 1. The van der Waals surface area contributed by atoms with Crippen LogP contribution in [0.25, 0.3) is 0 Å². The van der Waals surface area contributed by atoms with E-state index < -0.39 is 5.41 Å². The lowest BCUT2D eigenvalue weighted by molar-refractivity contribution is -0.181. The highest BCUT2D eigenvalue weighted by molar-refractivity contribution is 5.79. The monoisotopic (exact) mass is 230 g/mol. The largest absolute Gasteiger partial charge is 0.465 e. The molecule has 0 amide bonds. The molecule has 3 nitrogen and oxygen atoms in total. The molecule has 0 atom stereocenters. The van der Waals surface area contributed by atoms with E-state index in [0.717, 1.165) is 0 Å². The molecule has 1 N–H and O–H groups in total. The summed E-state index contributed by atoms with van der Waals surface area (Å²) >= 11 is 0. The second-order valence-electron chi connectivity index (χ2n) is 6.28. The fraction of sp³-hybridized carbons (Fsp3) is 0.923. The molecule has 0 bridgehead atoms. The van der Waals surface area contributed by atoms with Crippen molar-refractivity contribution in [3.63, 3.8) is 0 Å². The second kappa shape index (κ2) is 4.74. The molecule has 0 aromatic carbocycles. The Morgan fingerprint density at radius 1 is 1.06 bits per heavy atom. The zero-order chi connectivity index (χ0) is 13.2. The molecule has 3 heteroatoms. The Morgan fingerprint density at radius 3 is 1.62 bits per heavy atom. The summed E-state index contributed by atoms with van der Waals surface area (Å²) in [6.45, 7) is 13.7. The summed E-state index contributed by atoms with van der Waals surface area (Å²) in [5, 5.41) is 9.74. The molecule has 0 saturated heterocycles. The van der Waals surface area contributed by atoms with Crippen LogP contribution in [0.3, 0.4) is 0 Å². The van der Waals surface area contributed by atoms with E-state index in [4.69, 9.17) is 4.74 Å². The Labute approximate surface area is 99.2 Å². The zero-order valence-corrected chi connectivity index (χ0v) is 11.7. The highest BCUT2D eigenvalue weighted by atomic mass is 16.5. The Hall–Kier alpha value is -0.570. The van der Waals surface area contributed by atoms with Gasteiger partial charge in [-0.15, -0.1) is 0 Å². The SMILES string of the molecule is CCOC(=O)C(CO)(C(C)(C)C)C(C)(C)C. The predicted octanol–water partition coefficient (Wildman–Crippen LogP) is 2.62. The summed E-state index contributed by atoms with van der Waals surface area (Å²) in [5.41, 5.74) is -1.59. The van der Waals surface area contributed by atoms with E-state index in [9.17, 15) is 9.90 Å². The van der Waals surface area contributed by atoms with Crippen LogP contribution in [-0.4, -0.2) is 24.3 Å². The van der Waals surface area contributed by atoms with Gasteiger partial charge in [-0.3, -0.25) is 4.79 Å². The molecular weight excluding hydrogens is 204 g/mol. The van der Waals surface area contributed by atoms with Crippen LogP contribution in [0.5, 0.6) is 0 Å². The number of ether oxygens (including phenoxy) is 1. The fourth-order valence-corrected chi connectivity index (χ4v) is 2.53. The smallest absolute Gasteiger partial charge is 0.315 e. The molecule has 0 spiro atoms. The lowest BCUT2D eigenvalue weighted by atomic mass is 9.54. The highest BCUT2D eigenvalue weighted by Crippen LogP contribution is 2.52. The van der Waals surface area contributed by atoms with Gasteiger partial charge >= 0.3 is 5.97 Å². The van der Waals surface area contributed by atoms with Gasteiger partial charge in [-0.2, -0.15) is 0 Å². The Bertz CT molecular complexity index is 229. The third kappa shape index (κ3) is 2.40. The van der Waals surface area contributed by atoms with Gasteiger partial charge in [0.15, 0.2) is 0 Å². The molecule has 0 radical (unpaired) electrons. The van der Waals surface area contributed by atoms with Crippen molar-refractivity contribution in [3.8, 4) is 0 Å². The maximum atomic E-state index is 12.2. The fourth-order valence-electron chi connectivity index (χ4n) is 2.53. The van der Waals surface area contributed by atoms with Gasteiger partial charge in [0.1, 0.15) is 5.41 Å². The first-order valence-corrected chi connectivity index (χ1v) is 5.82. The summed E-state index contributed by atoms with van der Waals surface area (Å²) < 4.78 is 5.15. The summed E-state index contributed by atoms with van der Waals surface area (Å²) in [6.07, 6.45) is 0. The van der Waals surface area contributed by atoms with E-state index in [0.29, 0.717) is 6.61 Å². The third-order valence-electron chi connectivity index (χ3n) is 3.42. The van der Waals surface area contributed by atoms with E-state index in [2.05, 4.69) is 0 Å². The van der Waals surface area contributed by atoms with Gasteiger partial charge in [0.25, 0.3) is 0 Å². The predicted molar refractivity (Wildman–Crippen MR) is 65.1 cm³/mol. The summed E-state index contributed by atoms with van der Waals surface area (Å²) in [6, 6.07) is 0. The molecule has 0 unspecified atom stereocenters. The number of carbonyl (C=O) groups is 1. The van der Waals surface area contributed by atoms with Gasteiger partial charge in [-0.25, -0.2) is 0 Å². The average Bonchev–Trinajstić information content (AvgIpc) is 2.00. The van der Waals surface area contributed by atoms with E-state index >= 15 is 0 Å². The number of esters is 1. The van der Waals surface area contributed by atoms with Gasteiger partial charge in [0, 0.05) is 0 Å². The lowest BCUT2D eigenvalue weighted by Crippen LogP contribution is -2.55. The van der Waals surface area contributed by atoms with Gasteiger partial charge < -0.3 is 9.84 Å². The Kier molecular flexibility index (Phi) is 4.57. The van der Waals surface area contributed by atoms with Crippen LogP contribution in [0.4, 0.5) is 0 Å². The number of carbonyl (C=O) groups excluding carboxylic acids is 1. The van der Waals surface area contributed by atoms with Crippen molar-refractivity contribution in [2.24, 2.45) is 16.2 Å². The zero-order valence-electron chi connectivity index (χ0n) is 11.7. The summed E-state index contributed by atoms with van der Waals surface area (Å²) in [5.74, 6) is -0.308. The minimum absolute atomic E-state index is 0.196. The molecule has 96 valence electrons. The molecule has 0 aliphatic carbocycles. The normalized spacial score (nSPS) is 13.8. The van der Waals surface area contributed by atoms with Crippen LogP contribution in [0.15, 0.2) is 0 Å². The van der Waals surface area contributed by atoms with E-state index in [1.54, 1.807) is 6.92 Å². The van der Waals surface area contributed by atoms with Gasteiger partial charge in [0.2, 0.25) is 0 Å². The van der Waals surface area contributed by atoms with Crippen LogP contribution < -0.4 is 0 Å². The Morgan fingerprint density at radius 2 is 1.44 bits per heavy atom. The van der Waals surface area contributed by atoms with Crippen molar-refractivity contribution in [1.29, 1.82) is 0 Å². The molecule has 0 aliphatic heterocycles. The number of rotatable bonds is 3. The molecule has 0 aromatic rings. The van der Waals surface area contributed by atoms with Gasteiger partial charge in [-0.1, -0.05) is 41.5 Å². The summed E-state index contributed by atoms with van der Waals surface area (Å²) in [7, 11) is 0. The van der Waals surface area contributed by atoms with Crippen LogP contribution in [-0.2, 0) is 9.53 Å². The van der Waals surface area contributed by atoms with Crippen molar-refractivity contribution in [2.45, 2.75) is 48.5 Å². The molecular formula is C13H26O3. The van der Waals surface area contributed by atoms with Crippen molar-refractivity contribution in [1.82, 2.24) is 0 Å². The van der Waals surface area contributed by atoms with E-state index in [-0.39, 0.29) is 23.4 Å². The minimum Gasteiger partial charge on any atom is -0.465 e. The number of hydrogen-bond acceptors (Lipinski definition) is 3.